The predicted molar refractivity (Wildman–Crippen MR) is 101 cm³/mol. The minimum absolute atomic E-state index is 0.00645. The second-order valence-electron chi connectivity index (χ2n) is 6.17. The Bertz CT molecular complexity index is 976. The molecule has 6 heteroatoms. The molecule has 0 bridgehead atoms. The van der Waals surface area contributed by atoms with Crippen molar-refractivity contribution in [2.24, 2.45) is 0 Å². The average molecular weight is 351 g/mol. The lowest BCUT2D eigenvalue weighted by Gasteiger charge is -2.10. The number of rotatable bonds is 6. The molecule has 0 aliphatic heterocycles. The molecule has 0 atom stereocenters. The largest absolute Gasteiger partial charge is 0.392 e. The number of nitrogens with zero attached hydrogens (tertiary/aromatic N) is 1. The maximum Gasteiger partial charge on any atom is 0.330 e. The highest BCUT2D eigenvalue weighted by Gasteiger charge is 2.06. The average Bonchev–Trinajstić information content (AvgIpc) is 2.64. The minimum Gasteiger partial charge on any atom is -0.392 e. The molecule has 0 saturated carbocycles. The van der Waals surface area contributed by atoms with Gasteiger partial charge in [0.15, 0.2) is 0 Å². The number of benzene rings is 2. The first-order valence-corrected chi connectivity index (χ1v) is 8.38. The van der Waals surface area contributed by atoms with E-state index in [1.807, 2.05) is 55.5 Å². The van der Waals surface area contributed by atoms with Crippen LogP contribution in [0, 0.1) is 6.92 Å². The van der Waals surface area contributed by atoms with Crippen LogP contribution in [-0.2, 0) is 19.7 Å². The Balaban J connectivity index is 1.75. The molecule has 0 aliphatic rings. The van der Waals surface area contributed by atoms with E-state index in [4.69, 9.17) is 0 Å². The molecule has 0 amide bonds. The summed E-state index contributed by atoms with van der Waals surface area (Å²) in [4.78, 5) is 27.2. The van der Waals surface area contributed by atoms with Crippen LogP contribution in [0.15, 0.2) is 64.2 Å². The van der Waals surface area contributed by atoms with Crippen LogP contribution in [0.3, 0.4) is 0 Å². The quantitative estimate of drug-likeness (QED) is 0.634. The summed E-state index contributed by atoms with van der Waals surface area (Å²) in [6.45, 7) is 2.63. The molecule has 0 saturated heterocycles. The summed E-state index contributed by atoms with van der Waals surface area (Å²) in [6, 6.07) is 16.5. The van der Waals surface area contributed by atoms with Gasteiger partial charge in [0.2, 0.25) is 0 Å². The molecule has 0 spiro atoms. The van der Waals surface area contributed by atoms with E-state index in [1.54, 1.807) is 0 Å². The number of anilines is 1. The Morgan fingerprint density at radius 1 is 1.04 bits per heavy atom. The van der Waals surface area contributed by atoms with Crippen LogP contribution in [0.5, 0.6) is 0 Å². The van der Waals surface area contributed by atoms with Gasteiger partial charge in [-0.15, -0.1) is 0 Å². The van der Waals surface area contributed by atoms with Gasteiger partial charge in [-0.25, -0.2) is 4.79 Å². The van der Waals surface area contributed by atoms with E-state index in [0.29, 0.717) is 12.4 Å². The van der Waals surface area contributed by atoms with E-state index in [0.717, 1.165) is 22.3 Å². The highest BCUT2D eigenvalue weighted by molar-refractivity contribution is 5.36. The maximum atomic E-state index is 12.3. The van der Waals surface area contributed by atoms with Gasteiger partial charge in [0.05, 0.1) is 13.2 Å². The lowest BCUT2D eigenvalue weighted by molar-refractivity contribution is 0.281. The number of hydrogen-bond acceptors (Lipinski definition) is 4. The molecule has 3 N–H and O–H groups in total. The Morgan fingerprint density at radius 3 is 2.46 bits per heavy atom. The van der Waals surface area contributed by atoms with Crippen molar-refractivity contribution in [1.29, 1.82) is 0 Å². The highest BCUT2D eigenvalue weighted by Crippen LogP contribution is 2.12. The molecule has 3 rings (SSSR count). The number of aliphatic hydroxyl groups is 1. The van der Waals surface area contributed by atoms with Crippen LogP contribution in [0.1, 0.15) is 22.3 Å². The van der Waals surface area contributed by atoms with E-state index in [-0.39, 0.29) is 18.7 Å². The molecule has 6 nitrogen and oxygen atoms in total. The molecule has 1 heterocycles. The van der Waals surface area contributed by atoms with Gasteiger partial charge < -0.3 is 10.4 Å². The van der Waals surface area contributed by atoms with E-state index in [2.05, 4.69) is 10.3 Å². The Hall–Kier alpha value is -3.12. The van der Waals surface area contributed by atoms with Gasteiger partial charge in [0.25, 0.3) is 5.56 Å². The van der Waals surface area contributed by atoms with Gasteiger partial charge in [-0.2, -0.15) is 0 Å². The zero-order chi connectivity index (χ0) is 18.5. The van der Waals surface area contributed by atoms with Crippen molar-refractivity contribution in [3.63, 3.8) is 0 Å². The fourth-order valence-electron chi connectivity index (χ4n) is 2.77. The van der Waals surface area contributed by atoms with E-state index in [9.17, 15) is 14.7 Å². The third-order valence-corrected chi connectivity index (χ3v) is 4.26. The molecule has 0 unspecified atom stereocenters. The summed E-state index contributed by atoms with van der Waals surface area (Å²) < 4.78 is 1.17. The molecule has 26 heavy (non-hydrogen) atoms. The maximum absolute atomic E-state index is 12.3. The third-order valence-electron chi connectivity index (χ3n) is 4.26. The summed E-state index contributed by atoms with van der Waals surface area (Å²) in [7, 11) is 0. The Morgan fingerprint density at radius 2 is 1.81 bits per heavy atom. The van der Waals surface area contributed by atoms with Gasteiger partial charge >= 0.3 is 5.69 Å². The van der Waals surface area contributed by atoms with Crippen LogP contribution in [-0.4, -0.2) is 14.7 Å². The van der Waals surface area contributed by atoms with Crippen molar-refractivity contribution in [3.8, 4) is 0 Å². The van der Waals surface area contributed by atoms with Crippen molar-refractivity contribution in [3.05, 3.63) is 97.7 Å². The summed E-state index contributed by atoms with van der Waals surface area (Å²) >= 11 is 0. The van der Waals surface area contributed by atoms with Gasteiger partial charge in [0.1, 0.15) is 5.82 Å². The molecule has 0 radical (unpaired) electrons. The highest BCUT2D eigenvalue weighted by atomic mass is 16.3. The van der Waals surface area contributed by atoms with Crippen molar-refractivity contribution >= 4 is 5.82 Å². The fourth-order valence-corrected chi connectivity index (χ4v) is 2.77. The Kier molecular flexibility index (Phi) is 5.34. The number of hydrogen-bond donors (Lipinski definition) is 3. The SMILES string of the molecule is Cc1cc(CNc2cc(=O)n(Cc3ccccc3)c(=O)[nH]2)ccc1CO. The molecule has 0 aliphatic carbocycles. The number of aromatic amines is 1. The molecule has 2 aromatic carbocycles. The van der Waals surface area contributed by atoms with Crippen LogP contribution in [0.2, 0.25) is 0 Å². The molecular formula is C20H21N3O3. The van der Waals surface area contributed by atoms with Crippen LogP contribution in [0.4, 0.5) is 5.82 Å². The summed E-state index contributed by atoms with van der Waals surface area (Å²) in [5, 5.41) is 12.3. The first-order valence-electron chi connectivity index (χ1n) is 8.38. The van der Waals surface area contributed by atoms with Gasteiger partial charge in [-0.3, -0.25) is 14.3 Å². The van der Waals surface area contributed by atoms with Gasteiger partial charge in [-0.05, 0) is 29.2 Å². The van der Waals surface area contributed by atoms with Crippen LogP contribution in [0.25, 0.3) is 0 Å². The normalized spacial score (nSPS) is 10.7. The Labute approximate surface area is 150 Å². The van der Waals surface area contributed by atoms with Crippen molar-refractivity contribution in [1.82, 2.24) is 9.55 Å². The van der Waals surface area contributed by atoms with Crippen molar-refractivity contribution in [2.75, 3.05) is 5.32 Å². The zero-order valence-electron chi connectivity index (χ0n) is 14.5. The number of aryl methyl sites for hydroxylation is 1. The molecular weight excluding hydrogens is 330 g/mol. The van der Waals surface area contributed by atoms with Gasteiger partial charge in [-0.1, -0.05) is 48.5 Å². The predicted octanol–water partition coefficient (Wildman–Crippen LogP) is 2.00. The van der Waals surface area contributed by atoms with Crippen LogP contribution < -0.4 is 16.6 Å². The lowest BCUT2D eigenvalue weighted by Crippen LogP contribution is -2.35. The summed E-state index contributed by atoms with van der Waals surface area (Å²) in [5.74, 6) is 0.383. The van der Waals surface area contributed by atoms with Crippen molar-refractivity contribution < 1.29 is 5.11 Å². The lowest BCUT2D eigenvalue weighted by atomic mass is 10.1. The topological polar surface area (TPSA) is 87.1 Å². The standard InChI is InChI=1S/C20H21N3O3/c1-14-9-16(7-8-17(14)13-24)11-21-18-10-19(25)23(20(26)22-18)12-15-5-3-2-4-6-15/h2-10,21,24H,11-13H2,1H3,(H,22,26). The fraction of sp³-hybridized carbons (Fsp3) is 0.200. The third kappa shape index (κ3) is 4.10. The molecule has 0 fully saturated rings. The van der Waals surface area contributed by atoms with Crippen LogP contribution >= 0.6 is 0 Å². The smallest absolute Gasteiger partial charge is 0.330 e. The summed E-state index contributed by atoms with van der Waals surface area (Å²) in [6.07, 6.45) is 0. The molecule has 134 valence electrons. The number of aromatic nitrogens is 2. The second-order valence-corrected chi connectivity index (χ2v) is 6.17. The molecule has 3 aromatic rings. The van der Waals surface area contributed by atoms with Crippen molar-refractivity contribution in [2.45, 2.75) is 26.6 Å². The number of nitrogens with one attached hydrogen (secondary N) is 2. The minimum atomic E-state index is -0.448. The first-order chi connectivity index (χ1) is 12.6. The number of aliphatic hydroxyl groups excluding tert-OH is 1. The second kappa shape index (κ2) is 7.84. The zero-order valence-corrected chi connectivity index (χ0v) is 14.5. The molecule has 1 aromatic heterocycles. The number of H-pyrrole nitrogens is 1. The first kappa shape index (κ1) is 17.7. The monoisotopic (exact) mass is 351 g/mol. The van der Waals surface area contributed by atoms with E-state index < -0.39 is 5.69 Å². The summed E-state index contributed by atoms with van der Waals surface area (Å²) in [5.41, 5.74) is 2.96. The van der Waals surface area contributed by atoms with E-state index >= 15 is 0 Å². The van der Waals surface area contributed by atoms with E-state index in [1.165, 1.54) is 10.6 Å². The van der Waals surface area contributed by atoms with Gasteiger partial charge in [0, 0.05) is 12.6 Å².